The fourth-order valence-electron chi connectivity index (χ4n) is 7.19. The highest BCUT2D eigenvalue weighted by molar-refractivity contribution is 5.79. The molecule has 4 heterocycles. The predicted octanol–water partition coefficient (Wildman–Crippen LogP) is 8.74. The summed E-state index contributed by atoms with van der Waals surface area (Å²) in [6.07, 6.45) is -14.0. The van der Waals surface area contributed by atoms with Crippen molar-refractivity contribution >= 4 is 22.1 Å². The third-order valence-electron chi connectivity index (χ3n) is 10.4. The number of aromatic nitrogens is 8. The summed E-state index contributed by atoms with van der Waals surface area (Å²) in [6, 6.07) is 5.97. The zero-order valence-electron chi connectivity index (χ0n) is 28.8. The van der Waals surface area contributed by atoms with Crippen LogP contribution in [0.15, 0.2) is 58.1 Å². The van der Waals surface area contributed by atoms with Crippen molar-refractivity contribution in [3.05, 3.63) is 115 Å². The number of fused-ring (bicyclic) bond motifs is 2. The van der Waals surface area contributed by atoms with Crippen molar-refractivity contribution in [1.82, 2.24) is 39.5 Å². The van der Waals surface area contributed by atoms with Crippen LogP contribution in [0, 0.1) is 5.92 Å². The minimum Gasteiger partial charge on any atom is -0.310 e. The maximum absolute atomic E-state index is 14.3. The summed E-state index contributed by atoms with van der Waals surface area (Å²) in [7, 11) is 0. The fourth-order valence-corrected chi connectivity index (χ4v) is 7.19. The third kappa shape index (κ3) is 6.71. The van der Waals surface area contributed by atoms with Crippen molar-refractivity contribution in [2.24, 2.45) is 5.92 Å². The lowest BCUT2D eigenvalue weighted by molar-refractivity contribution is -0.138. The molecule has 0 aliphatic heterocycles. The lowest BCUT2D eigenvalue weighted by Gasteiger charge is -2.20. The standard InChI is InChI=1S/C36H28F10N8O2/c1-14(15-4-8-19(9-5-15)35(41,42)43)53-31-23(25(51-53)27(37)38)34(56)50-30(48-31)21-12-18(21)13-22(16-6-10-20(11-7-16)36(44,45)46)54-32-24(26(52-54)28(39)40)33(55)49-29(47-32)17-2-3-17/h4-11,14,17-18,21-22,27-28H,2-3,12-13H2,1H3,(H,47,49,55)(H,48,50,56). The van der Waals surface area contributed by atoms with Crippen LogP contribution >= 0.6 is 0 Å². The second kappa shape index (κ2) is 13.3. The Balaban J connectivity index is 1.18. The summed E-state index contributed by atoms with van der Waals surface area (Å²) in [5.41, 5.74) is -5.39. The van der Waals surface area contributed by atoms with Gasteiger partial charge in [-0.25, -0.2) is 36.9 Å². The third-order valence-corrected chi connectivity index (χ3v) is 10.4. The minimum atomic E-state index is -4.68. The molecule has 10 nitrogen and oxygen atoms in total. The molecule has 294 valence electrons. The van der Waals surface area contributed by atoms with Gasteiger partial charge in [0.05, 0.1) is 23.2 Å². The first-order valence-electron chi connectivity index (χ1n) is 17.4. The van der Waals surface area contributed by atoms with E-state index in [-0.39, 0.29) is 46.4 Å². The topological polar surface area (TPSA) is 127 Å². The van der Waals surface area contributed by atoms with Crippen molar-refractivity contribution in [1.29, 1.82) is 0 Å². The Bertz CT molecular complexity index is 2570. The molecule has 2 aliphatic carbocycles. The van der Waals surface area contributed by atoms with Crippen LogP contribution in [-0.4, -0.2) is 39.5 Å². The van der Waals surface area contributed by atoms with E-state index in [2.05, 4.69) is 30.1 Å². The molecule has 0 saturated heterocycles. The number of hydrogen-bond acceptors (Lipinski definition) is 6. The van der Waals surface area contributed by atoms with E-state index < -0.39 is 93.5 Å². The van der Waals surface area contributed by atoms with Crippen LogP contribution in [0.3, 0.4) is 0 Å². The number of alkyl halides is 10. The zero-order valence-corrected chi connectivity index (χ0v) is 28.8. The molecule has 0 bridgehead atoms. The normalized spacial score (nSPS) is 18.7. The zero-order chi connectivity index (χ0) is 40.0. The quantitative estimate of drug-likeness (QED) is 0.134. The van der Waals surface area contributed by atoms with Crippen molar-refractivity contribution in [3.63, 3.8) is 0 Å². The smallest absolute Gasteiger partial charge is 0.310 e. The Labute approximate surface area is 307 Å². The highest BCUT2D eigenvalue weighted by Gasteiger charge is 2.44. The van der Waals surface area contributed by atoms with Gasteiger partial charge in [-0.1, -0.05) is 24.3 Å². The van der Waals surface area contributed by atoms with Crippen molar-refractivity contribution in [2.75, 3.05) is 0 Å². The van der Waals surface area contributed by atoms with Gasteiger partial charge in [0.2, 0.25) is 0 Å². The van der Waals surface area contributed by atoms with Gasteiger partial charge in [-0.05, 0) is 73.9 Å². The first kappa shape index (κ1) is 37.4. The summed E-state index contributed by atoms with van der Waals surface area (Å²) in [5, 5.41) is 7.05. The first-order chi connectivity index (χ1) is 26.4. The summed E-state index contributed by atoms with van der Waals surface area (Å²) < 4.78 is 139. The van der Waals surface area contributed by atoms with E-state index >= 15 is 0 Å². The highest BCUT2D eigenvalue weighted by Crippen LogP contribution is 2.52. The Morgan fingerprint density at radius 3 is 1.66 bits per heavy atom. The van der Waals surface area contributed by atoms with Crippen LogP contribution in [0.4, 0.5) is 43.9 Å². The predicted molar refractivity (Wildman–Crippen MR) is 178 cm³/mol. The van der Waals surface area contributed by atoms with Crippen molar-refractivity contribution in [2.45, 2.75) is 81.7 Å². The fraction of sp³-hybridized carbons (Fsp3) is 0.389. The van der Waals surface area contributed by atoms with E-state index in [1.165, 1.54) is 19.1 Å². The molecule has 4 atom stereocenters. The largest absolute Gasteiger partial charge is 0.416 e. The van der Waals surface area contributed by atoms with Gasteiger partial charge >= 0.3 is 12.4 Å². The average Bonchev–Trinajstić information content (AvgIpc) is 4.06. The van der Waals surface area contributed by atoms with Crippen LogP contribution < -0.4 is 11.1 Å². The van der Waals surface area contributed by atoms with Crippen LogP contribution in [0.25, 0.3) is 22.1 Å². The molecular formula is C36H28F10N8O2. The van der Waals surface area contributed by atoms with Crippen LogP contribution in [0.1, 0.15) is 115 Å². The lowest BCUT2D eigenvalue weighted by atomic mass is 9.99. The monoisotopic (exact) mass is 794 g/mol. The molecular weight excluding hydrogens is 766 g/mol. The lowest BCUT2D eigenvalue weighted by Crippen LogP contribution is -2.18. The Hall–Kier alpha value is -5.56. The number of nitrogens with one attached hydrogen (secondary N) is 2. The van der Waals surface area contributed by atoms with E-state index in [1.54, 1.807) is 0 Å². The number of H-pyrrole nitrogens is 2. The van der Waals surface area contributed by atoms with Gasteiger partial charge in [0, 0.05) is 11.8 Å². The molecule has 0 amide bonds. The summed E-state index contributed by atoms with van der Waals surface area (Å²) in [5.74, 6) is -0.801. The Morgan fingerprint density at radius 1 is 0.696 bits per heavy atom. The molecule has 2 aromatic carbocycles. The van der Waals surface area contributed by atoms with Gasteiger partial charge in [-0.15, -0.1) is 0 Å². The molecule has 20 heteroatoms. The van der Waals surface area contributed by atoms with Crippen molar-refractivity contribution < 1.29 is 43.9 Å². The van der Waals surface area contributed by atoms with E-state index in [9.17, 15) is 53.5 Å². The van der Waals surface area contributed by atoms with E-state index in [0.717, 1.165) is 45.8 Å². The molecule has 2 N–H and O–H groups in total. The first-order valence-corrected chi connectivity index (χ1v) is 17.4. The molecule has 4 aromatic heterocycles. The maximum Gasteiger partial charge on any atom is 0.416 e. The number of nitrogens with zero attached hydrogens (tertiary/aromatic N) is 6. The molecule has 2 aliphatic rings. The van der Waals surface area contributed by atoms with E-state index in [1.807, 2.05) is 0 Å². The number of benzene rings is 2. The second-order valence-corrected chi connectivity index (χ2v) is 14.1. The van der Waals surface area contributed by atoms with Gasteiger partial charge in [0.1, 0.15) is 33.8 Å². The molecule has 6 aromatic rings. The Morgan fingerprint density at radius 2 is 1.16 bits per heavy atom. The van der Waals surface area contributed by atoms with Crippen LogP contribution in [0.5, 0.6) is 0 Å². The van der Waals surface area contributed by atoms with E-state index in [4.69, 9.17) is 0 Å². The highest BCUT2D eigenvalue weighted by atomic mass is 19.4. The SMILES string of the molecule is CC(c1ccc(C(F)(F)F)cc1)n1nc(C(F)F)c2c(=O)[nH]c(C3CC3CC(c3ccc(C(F)(F)F)cc3)n3nc(C(F)F)c4c(=O)[nH]c(C5CC5)nc43)nc21. The molecule has 0 spiro atoms. The second-order valence-electron chi connectivity index (χ2n) is 14.1. The summed E-state index contributed by atoms with van der Waals surface area (Å²) in [4.78, 5) is 40.6. The number of hydrogen-bond donors (Lipinski definition) is 2. The van der Waals surface area contributed by atoms with E-state index in [0.29, 0.717) is 19.3 Å². The molecule has 8 rings (SSSR count). The molecule has 2 fully saturated rings. The van der Waals surface area contributed by atoms with Gasteiger partial charge < -0.3 is 9.97 Å². The summed E-state index contributed by atoms with van der Waals surface area (Å²) in [6.45, 7) is 1.48. The number of aromatic amines is 2. The summed E-state index contributed by atoms with van der Waals surface area (Å²) >= 11 is 0. The minimum absolute atomic E-state index is 0.0218. The average molecular weight is 795 g/mol. The van der Waals surface area contributed by atoms with Gasteiger partial charge in [-0.2, -0.15) is 36.5 Å². The maximum atomic E-state index is 14.3. The Kier molecular flexibility index (Phi) is 8.87. The van der Waals surface area contributed by atoms with Crippen LogP contribution in [-0.2, 0) is 12.4 Å². The number of rotatable bonds is 10. The van der Waals surface area contributed by atoms with Crippen LogP contribution in [0.2, 0.25) is 0 Å². The molecule has 2 saturated carbocycles. The molecule has 0 radical (unpaired) electrons. The number of halogens is 10. The van der Waals surface area contributed by atoms with Gasteiger partial charge in [0.25, 0.3) is 24.0 Å². The van der Waals surface area contributed by atoms with Crippen molar-refractivity contribution in [3.8, 4) is 0 Å². The van der Waals surface area contributed by atoms with Gasteiger partial charge in [0.15, 0.2) is 11.3 Å². The molecule has 4 unspecified atom stereocenters. The van der Waals surface area contributed by atoms with Gasteiger partial charge in [-0.3, -0.25) is 9.59 Å². The molecule has 56 heavy (non-hydrogen) atoms.